The monoisotopic (exact) mass is 489 g/mol. The number of hydrogen-bond acceptors (Lipinski definition) is 5. The Bertz CT molecular complexity index is 1150. The molecule has 3 heterocycles. The van der Waals surface area contributed by atoms with Crippen molar-refractivity contribution in [3.8, 4) is 17.4 Å². The average molecular weight is 490 g/mol. The van der Waals surface area contributed by atoms with E-state index in [-0.39, 0.29) is 33.3 Å². The van der Waals surface area contributed by atoms with Crippen molar-refractivity contribution in [1.82, 2.24) is 14.5 Å². The quantitative estimate of drug-likeness (QED) is 0.395. The van der Waals surface area contributed by atoms with Crippen molar-refractivity contribution in [3.05, 3.63) is 41.1 Å². The van der Waals surface area contributed by atoms with Crippen LogP contribution in [0.3, 0.4) is 0 Å². The molecule has 0 atom stereocenters. The molecule has 3 aromatic rings. The number of hydrogen-bond donors (Lipinski definition) is 0. The number of ether oxygens (including phenoxy) is 2. The molecular weight excluding hydrogens is 470 g/mol. The zero-order chi connectivity index (χ0) is 23.1. The minimum atomic E-state index is -4.57. The molecule has 11 heteroatoms. The van der Waals surface area contributed by atoms with Crippen LogP contribution < -0.4 is 9.47 Å². The van der Waals surface area contributed by atoms with Gasteiger partial charge in [0, 0.05) is 24.7 Å². The number of pyridine rings is 1. The van der Waals surface area contributed by atoms with E-state index in [0.717, 1.165) is 36.2 Å². The molecule has 5 nitrogen and oxygen atoms in total. The van der Waals surface area contributed by atoms with Crippen LogP contribution in [-0.4, -0.2) is 38.8 Å². The Morgan fingerprint density at radius 1 is 1.22 bits per heavy atom. The topological polar surface area (TPSA) is 49.2 Å². The van der Waals surface area contributed by atoms with Gasteiger partial charge in [0.1, 0.15) is 11.3 Å². The lowest BCUT2D eigenvalue weighted by Gasteiger charge is -2.32. The molecule has 0 saturated carbocycles. The smallest absolute Gasteiger partial charge is 0.422 e. The fourth-order valence-corrected chi connectivity index (χ4v) is 5.30. The second kappa shape index (κ2) is 8.62. The van der Waals surface area contributed by atoms with Crippen molar-refractivity contribution in [2.75, 3.05) is 18.1 Å². The molecule has 1 fully saturated rings. The molecule has 2 aromatic heterocycles. The maximum atomic E-state index is 15.4. The highest BCUT2D eigenvalue weighted by Crippen LogP contribution is 2.40. The van der Waals surface area contributed by atoms with Crippen molar-refractivity contribution in [2.24, 2.45) is 7.05 Å². The van der Waals surface area contributed by atoms with E-state index in [1.165, 1.54) is 12.3 Å². The number of thioether (sulfide) groups is 1. The van der Waals surface area contributed by atoms with Gasteiger partial charge in [0.05, 0.1) is 10.5 Å². The molecule has 1 aliphatic heterocycles. The van der Waals surface area contributed by atoms with E-state index >= 15 is 4.39 Å². The second-order valence-electron chi connectivity index (χ2n) is 7.88. The summed E-state index contributed by atoms with van der Waals surface area (Å²) in [5, 5.41) is 0.0561. The first-order valence-electron chi connectivity index (χ1n) is 9.83. The van der Waals surface area contributed by atoms with E-state index < -0.39 is 18.6 Å². The first-order chi connectivity index (χ1) is 15.1. The van der Waals surface area contributed by atoms with Crippen molar-refractivity contribution >= 4 is 34.4 Å². The largest absolute Gasteiger partial charge is 0.478 e. The summed E-state index contributed by atoms with van der Waals surface area (Å²) in [5.41, 5.74) is 0.566. The van der Waals surface area contributed by atoms with Crippen LogP contribution in [0.1, 0.15) is 25.6 Å². The lowest BCUT2D eigenvalue weighted by molar-refractivity contribution is -0.153. The molecule has 0 spiro atoms. The van der Waals surface area contributed by atoms with Crippen molar-refractivity contribution in [3.63, 3.8) is 0 Å². The molecule has 172 valence electrons. The van der Waals surface area contributed by atoms with Gasteiger partial charge in [-0.2, -0.15) is 24.9 Å². The zero-order valence-electron chi connectivity index (χ0n) is 17.3. The Balaban J connectivity index is 1.69. The molecule has 4 rings (SSSR count). The van der Waals surface area contributed by atoms with Crippen molar-refractivity contribution in [1.29, 1.82) is 0 Å². The van der Waals surface area contributed by atoms with Gasteiger partial charge in [0.15, 0.2) is 23.9 Å². The number of alkyl halides is 3. The van der Waals surface area contributed by atoms with Crippen LogP contribution in [0, 0.1) is 5.82 Å². The van der Waals surface area contributed by atoms with Crippen LogP contribution in [0.5, 0.6) is 17.4 Å². The summed E-state index contributed by atoms with van der Waals surface area (Å²) in [6, 6.07) is 4.12. The predicted octanol–water partition coefficient (Wildman–Crippen LogP) is 6.28. The molecular formula is C21H20ClF4N3O2S. The molecule has 1 aliphatic rings. The normalized spacial score (nSPS) is 16.3. The van der Waals surface area contributed by atoms with E-state index in [0.29, 0.717) is 5.52 Å². The Kier molecular flexibility index (Phi) is 6.19. The van der Waals surface area contributed by atoms with Gasteiger partial charge in [-0.15, -0.1) is 0 Å². The van der Waals surface area contributed by atoms with Gasteiger partial charge in [0.25, 0.3) is 5.88 Å². The first kappa shape index (κ1) is 23.0. The molecule has 1 aromatic carbocycles. The molecule has 0 N–H and O–H groups in total. The number of aryl methyl sites for hydroxylation is 1. The van der Waals surface area contributed by atoms with Gasteiger partial charge in [-0.25, -0.2) is 14.4 Å². The lowest BCUT2D eigenvalue weighted by atomic mass is 9.83. The van der Waals surface area contributed by atoms with Gasteiger partial charge in [-0.1, -0.05) is 18.5 Å². The Morgan fingerprint density at radius 3 is 2.62 bits per heavy atom. The van der Waals surface area contributed by atoms with Crippen LogP contribution in [0.4, 0.5) is 17.6 Å². The number of benzene rings is 1. The van der Waals surface area contributed by atoms with E-state index in [2.05, 4.69) is 16.9 Å². The minimum absolute atomic E-state index is 0.0561. The maximum absolute atomic E-state index is 15.4. The maximum Gasteiger partial charge on any atom is 0.422 e. The summed E-state index contributed by atoms with van der Waals surface area (Å²) < 4.78 is 65.2. The number of halogens is 5. The van der Waals surface area contributed by atoms with Crippen LogP contribution in [0.15, 0.2) is 24.4 Å². The van der Waals surface area contributed by atoms with Gasteiger partial charge in [-0.3, -0.25) is 0 Å². The highest BCUT2D eigenvalue weighted by atomic mass is 35.5. The van der Waals surface area contributed by atoms with Crippen LogP contribution in [0.25, 0.3) is 11.0 Å². The highest BCUT2D eigenvalue weighted by molar-refractivity contribution is 7.99. The molecule has 0 radical (unpaired) electrons. The van der Waals surface area contributed by atoms with Crippen molar-refractivity contribution < 1.29 is 27.0 Å². The van der Waals surface area contributed by atoms with Crippen LogP contribution in [0.2, 0.25) is 5.02 Å². The van der Waals surface area contributed by atoms with Gasteiger partial charge in [-0.05, 0) is 36.5 Å². The fourth-order valence-electron chi connectivity index (χ4n) is 3.76. The standard InChI is InChI=1S/C21H20ClF4N3O2S/c1-20(5-7-32-8-6-20)19-28-13-3-4-14(16(23)17(13)29(19)2)31-18-15(9-12(22)10-27-18)30-11-21(24,25)26/h3-4,9-10H,5-8,11H2,1-2H3. The molecule has 0 unspecified atom stereocenters. The summed E-state index contributed by atoms with van der Waals surface area (Å²) >= 11 is 7.71. The average Bonchev–Trinajstić information content (AvgIpc) is 3.08. The summed E-state index contributed by atoms with van der Waals surface area (Å²) in [7, 11) is 1.75. The molecule has 0 bridgehead atoms. The predicted molar refractivity (Wildman–Crippen MR) is 115 cm³/mol. The minimum Gasteiger partial charge on any atom is -0.478 e. The SMILES string of the molecule is Cn1c(C2(C)CCSCC2)nc2ccc(Oc3ncc(Cl)cc3OCC(F)(F)F)c(F)c21. The Labute approximate surface area is 191 Å². The van der Waals surface area contributed by atoms with E-state index in [9.17, 15) is 13.2 Å². The summed E-state index contributed by atoms with van der Waals surface area (Å²) in [6.45, 7) is 0.569. The second-order valence-corrected chi connectivity index (χ2v) is 9.54. The molecule has 0 aliphatic carbocycles. The summed E-state index contributed by atoms with van der Waals surface area (Å²) in [5.74, 6) is 1.27. The van der Waals surface area contributed by atoms with Crippen LogP contribution >= 0.6 is 23.4 Å². The number of imidazole rings is 1. The molecule has 0 amide bonds. The van der Waals surface area contributed by atoms with Crippen LogP contribution in [-0.2, 0) is 12.5 Å². The third kappa shape index (κ3) is 4.61. The summed E-state index contributed by atoms with van der Waals surface area (Å²) in [4.78, 5) is 8.55. The third-order valence-corrected chi connectivity index (χ3v) is 6.65. The zero-order valence-corrected chi connectivity index (χ0v) is 18.9. The van der Waals surface area contributed by atoms with Gasteiger partial charge in [0.2, 0.25) is 0 Å². The summed E-state index contributed by atoms with van der Waals surface area (Å²) in [6.07, 6.45) is -1.51. The van der Waals surface area contributed by atoms with Gasteiger partial charge < -0.3 is 14.0 Å². The third-order valence-electron chi connectivity index (χ3n) is 5.46. The lowest BCUT2D eigenvalue weighted by Crippen LogP contribution is -2.30. The first-order valence-corrected chi connectivity index (χ1v) is 11.4. The molecule has 32 heavy (non-hydrogen) atoms. The number of aromatic nitrogens is 3. The Hall–Kier alpha value is -2.20. The Morgan fingerprint density at radius 2 is 1.94 bits per heavy atom. The highest BCUT2D eigenvalue weighted by Gasteiger charge is 2.34. The number of nitrogens with zero attached hydrogens (tertiary/aromatic N) is 3. The van der Waals surface area contributed by atoms with E-state index in [1.807, 2.05) is 11.8 Å². The van der Waals surface area contributed by atoms with E-state index in [4.69, 9.17) is 21.1 Å². The molecule has 1 saturated heterocycles. The van der Waals surface area contributed by atoms with Gasteiger partial charge >= 0.3 is 6.18 Å². The van der Waals surface area contributed by atoms with Crippen molar-refractivity contribution in [2.45, 2.75) is 31.4 Å². The number of fused-ring (bicyclic) bond motifs is 1. The van der Waals surface area contributed by atoms with E-state index in [1.54, 1.807) is 17.7 Å². The number of rotatable bonds is 5. The fraction of sp³-hybridized carbons (Fsp3) is 0.429.